The summed E-state index contributed by atoms with van der Waals surface area (Å²) >= 11 is 0. The van der Waals surface area contributed by atoms with Crippen molar-refractivity contribution in [3.05, 3.63) is 189 Å². The maximum Gasteiger partial charge on any atom is 0 e. The van der Waals surface area contributed by atoms with Crippen molar-refractivity contribution in [1.82, 2.24) is 0 Å². The van der Waals surface area contributed by atoms with Gasteiger partial charge in [0.05, 0.1) is 0 Å². The molecule has 3 aromatic rings. The minimum absolute atomic E-state index is 0. The van der Waals surface area contributed by atoms with Crippen molar-refractivity contribution in [3.8, 4) is 0 Å². The Balaban J connectivity index is -0.0000000139. The molecule has 0 unspecified atom stereocenters. The van der Waals surface area contributed by atoms with Crippen molar-refractivity contribution in [2.24, 2.45) is 0 Å². The van der Waals surface area contributed by atoms with Crippen LogP contribution in [0.2, 0.25) is 0 Å². The Bertz CT molecular complexity index is 583. The zero-order valence-electron chi connectivity index (χ0n) is 31.9. The predicted molar refractivity (Wildman–Crippen MR) is 192 cm³/mol. The van der Waals surface area contributed by atoms with Gasteiger partial charge in [-0.2, -0.15) is 0 Å². The summed E-state index contributed by atoms with van der Waals surface area (Å²) in [6, 6.07) is 31.7. The summed E-state index contributed by atoms with van der Waals surface area (Å²) in [5.41, 5.74) is 4.33. The molecule has 0 N–H and O–H groups in total. The fourth-order valence-electron chi connectivity index (χ4n) is 2.80. The second kappa shape index (κ2) is 86.5. The van der Waals surface area contributed by atoms with Crippen LogP contribution in [-0.2, 0) is 19.3 Å². The Morgan fingerprint density at radius 2 is 0.409 bits per heavy atom. The van der Waals surface area contributed by atoms with E-state index in [4.69, 9.17) is 0 Å². The van der Waals surface area contributed by atoms with Crippen molar-refractivity contribution < 1.29 is 214 Å². The fourth-order valence-corrected chi connectivity index (χ4v) is 2.80. The summed E-state index contributed by atoms with van der Waals surface area (Å²) in [6.45, 7) is 6.60. The van der Waals surface area contributed by atoms with Crippen LogP contribution in [0, 0.1) is 295 Å². The van der Waals surface area contributed by atoms with Gasteiger partial charge in [-0.1, -0.05) is 131 Å². The van der Waals surface area contributed by atoms with Gasteiger partial charge in [0.1, 0.15) is 0 Å². The standard InChI is InChI=1S/3C9H12.11CH3.6La/c3*1-2-6-9-7-4-3-5-8-9;;;;;;;;;;;;;;;;;/h3*3-5,7-8H,2,6H2,1H3;11*1H3;;;;;;/q;;;11*-1;;;;;;. The topological polar surface area (TPSA) is 0 Å². The number of aryl methyl sites for hydroxylation is 3. The normalized spacial score (nSPS) is 5.80. The molecule has 3 aromatic carbocycles. The van der Waals surface area contributed by atoms with Crippen LogP contribution in [0.15, 0.2) is 91.0 Å². The molecule has 0 heterocycles. The van der Waals surface area contributed by atoms with Crippen molar-refractivity contribution in [3.63, 3.8) is 0 Å². The van der Waals surface area contributed by atoms with E-state index >= 15 is 0 Å². The molecule has 44 heavy (non-hydrogen) atoms. The van der Waals surface area contributed by atoms with Gasteiger partial charge in [-0.25, -0.2) is 0 Å². The Morgan fingerprint density at radius 3 is 0.523 bits per heavy atom. The molecule has 0 saturated heterocycles. The van der Waals surface area contributed by atoms with Crippen molar-refractivity contribution in [2.45, 2.75) is 59.3 Å². The molecule has 0 amide bonds. The summed E-state index contributed by atoms with van der Waals surface area (Å²) in [7, 11) is 0. The quantitative estimate of drug-likeness (QED) is 0.216. The van der Waals surface area contributed by atoms with Gasteiger partial charge >= 0.3 is 0 Å². The van der Waals surface area contributed by atoms with Gasteiger partial charge in [0.2, 0.25) is 0 Å². The van der Waals surface area contributed by atoms with Crippen LogP contribution in [0.4, 0.5) is 0 Å². The van der Waals surface area contributed by atoms with E-state index in [2.05, 4.69) is 112 Å². The molecular weight excluding hydrogens is 1290 g/mol. The van der Waals surface area contributed by atoms with Crippen LogP contribution >= 0.6 is 0 Å². The molecule has 0 aromatic heterocycles. The monoisotopic (exact) mass is 1360 g/mol. The number of rotatable bonds is 6. The van der Waals surface area contributed by atoms with E-state index in [-0.39, 0.29) is 295 Å². The molecule has 0 spiro atoms. The molecule has 0 atom stereocenters. The summed E-state index contributed by atoms with van der Waals surface area (Å²) in [4.78, 5) is 0. The van der Waals surface area contributed by atoms with E-state index in [0.29, 0.717) is 0 Å². The molecule has 0 nitrogen and oxygen atoms in total. The zero-order chi connectivity index (χ0) is 19.6. The van der Waals surface area contributed by atoms with E-state index in [0.717, 1.165) is 0 Å². The molecule has 0 aliphatic heterocycles. The number of hydrogen-bond acceptors (Lipinski definition) is 0. The third-order valence-electron chi connectivity index (χ3n) is 4.14. The van der Waals surface area contributed by atoms with Gasteiger partial charge in [-0.05, 0) is 36.0 Å². The molecule has 250 valence electrons. The Kier molecular flexibility index (Phi) is 217. The second-order valence-corrected chi connectivity index (χ2v) is 6.71. The Labute approximate surface area is 453 Å². The van der Waals surface area contributed by atoms with Crippen LogP contribution in [0.5, 0.6) is 0 Å². The van der Waals surface area contributed by atoms with Crippen LogP contribution in [0.1, 0.15) is 56.7 Å². The third-order valence-corrected chi connectivity index (χ3v) is 4.14. The molecule has 3 rings (SSSR count). The van der Waals surface area contributed by atoms with Gasteiger partial charge in [-0.15, -0.1) is 0 Å². The Hall–Kier alpha value is 4.83. The smallest absolute Gasteiger partial charge is 0 e. The fraction of sp³-hybridized carbons (Fsp3) is 0.237. The molecule has 6 heteroatoms. The number of benzene rings is 3. The molecule has 0 saturated carbocycles. The van der Waals surface area contributed by atoms with E-state index < -0.39 is 0 Å². The molecule has 0 aliphatic rings. The molecular formula is C38H69La6-11. The van der Waals surface area contributed by atoms with Crippen LogP contribution in [0.3, 0.4) is 0 Å². The van der Waals surface area contributed by atoms with E-state index in [9.17, 15) is 0 Å². The second-order valence-electron chi connectivity index (χ2n) is 6.71. The van der Waals surface area contributed by atoms with Crippen LogP contribution in [-0.4, -0.2) is 0 Å². The van der Waals surface area contributed by atoms with Gasteiger partial charge in [0.25, 0.3) is 0 Å². The minimum Gasteiger partial charge on any atom is -0.358 e. The van der Waals surface area contributed by atoms with E-state index in [1.54, 1.807) is 0 Å². The van der Waals surface area contributed by atoms with Gasteiger partial charge in [0.15, 0.2) is 0 Å². The zero-order valence-corrected chi connectivity index (χ0v) is 53.6. The first-order valence-electron chi connectivity index (χ1n) is 10.4. The summed E-state index contributed by atoms with van der Waals surface area (Å²) < 4.78 is 0. The van der Waals surface area contributed by atoms with Crippen molar-refractivity contribution in [2.75, 3.05) is 0 Å². The molecule has 0 aliphatic carbocycles. The predicted octanol–water partition coefficient (Wildman–Crippen LogP) is 12.9. The molecule has 6 radical (unpaired) electrons. The SMILES string of the molecule is CCCc1ccccc1.CCCc1ccccc1.CCCc1ccccc1.[CH3-].[CH3-].[CH3-].[CH3-].[CH3-].[CH3-].[CH3-].[CH3-].[CH3-].[CH3-].[CH3-].[La].[La].[La].[La].[La].[La]. The molecule has 0 fully saturated rings. The summed E-state index contributed by atoms with van der Waals surface area (Å²) in [5, 5.41) is 0. The summed E-state index contributed by atoms with van der Waals surface area (Å²) in [6.07, 6.45) is 7.35. The van der Waals surface area contributed by atoms with Crippen LogP contribution in [0.25, 0.3) is 0 Å². The first-order chi connectivity index (χ1) is 13.3. The average Bonchev–Trinajstić information content (AvgIpc) is 2.72. The molecule has 0 bridgehead atoms. The van der Waals surface area contributed by atoms with Crippen molar-refractivity contribution >= 4 is 0 Å². The number of hydrogen-bond donors (Lipinski definition) is 0. The van der Waals surface area contributed by atoms with Gasteiger partial charge in [0, 0.05) is 214 Å². The van der Waals surface area contributed by atoms with Crippen molar-refractivity contribution in [1.29, 1.82) is 0 Å². The average molecular weight is 1360 g/mol. The maximum absolute atomic E-state index is 2.20. The summed E-state index contributed by atoms with van der Waals surface area (Å²) in [5.74, 6) is 0. The van der Waals surface area contributed by atoms with Crippen LogP contribution < -0.4 is 0 Å². The van der Waals surface area contributed by atoms with Gasteiger partial charge < -0.3 is 81.7 Å². The Morgan fingerprint density at radius 1 is 0.273 bits per heavy atom. The van der Waals surface area contributed by atoms with E-state index in [1.807, 2.05) is 0 Å². The third kappa shape index (κ3) is 68.7. The first-order valence-corrected chi connectivity index (χ1v) is 10.4. The van der Waals surface area contributed by atoms with Gasteiger partial charge in [-0.3, -0.25) is 0 Å². The minimum atomic E-state index is 0. The first kappa shape index (κ1) is 110. The van der Waals surface area contributed by atoms with E-state index in [1.165, 1.54) is 55.2 Å². The largest absolute Gasteiger partial charge is 0.358 e. The maximum atomic E-state index is 2.20.